The molecule has 0 spiro atoms. The number of rotatable bonds is 5. The molecule has 2 aliphatic rings. The molecule has 2 aromatic rings. The number of benzene rings is 2. The Morgan fingerprint density at radius 3 is 1.97 bits per heavy atom. The molecule has 2 aromatic carbocycles. The lowest BCUT2D eigenvalue weighted by molar-refractivity contribution is -0.398. The molecule has 0 bridgehead atoms. The van der Waals surface area contributed by atoms with Crippen molar-refractivity contribution in [1.82, 2.24) is 0 Å². The first kappa shape index (κ1) is 24.6. The number of aliphatic imine (C=N–C) groups is 1. The van der Waals surface area contributed by atoms with Crippen LogP contribution in [0.5, 0.6) is 0 Å². The van der Waals surface area contributed by atoms with E-state index in [1.54, 1.807) is 54.6 Å². The summed E-state index contributed by atoms with van der Waals surface area (Å²) in [4.78, 5) is 4.48. The van der Waals surface area contributed by atoms with Gasteiger partial charge in [0, 0.05) is 23.0 Å². The molecule has 0 radical (unpaired) electrons. The molecule has 0 N–H and O–H groups in total. The standard InChI is InChI=1S/C24H20F9N/c1-19-12-7-13-20(19,14-21(25,26)22(27,28)23(29,30)24(31,32)33)34-18(15-8-3-2-4-9-15)16-10-5-6-11-17(16)19/h2-6,8-11H,7,12-14H2,1H3. The van der Waals surface area contributed by atoms with E-state index in [-0.39, 0.29) is 25.0 Å². The van der Waals surface area contributed by atoms with Crippen molar-refractivity contribution in [3.8, 4) is 0 Å². The second kappa shape index (κ2) is 7.49. The Morgan fingerprint density at radius 1 is 0.765 bits per heavy atom. The fourth-order valence-corrected chi connectivity index (χ4v) is 5.28. The van der Waals surface area contributed by atoms with Gasteiger partial charge in [-0.2, -0.15) is 39.5 Å². The van der Waals surface area contributed by atoms with Crippen molar-refractivity contribution >= 4 is 5.71 Å². The van der Waals surface area contributed by atoms with Gasteiger partial charge in [0.15, 0.2) is 0 Å². The van der Waals surface area contributed by atoms with Crippen LogP contribution in [0.15, 0.2) is 59.6 Å². The van der Waals surface area contributed by atoms with Crippen molar-refractivity contribution in [2.24, 2.45) is 4.99 Å². The third-order valence-corrected chi connectivity index (χ3v) is 7.17. The van der Waals surface area contributed by atoms with Crippen molar-refractivity contribution in [1.29, 1.82) is 0 Å². The Kier molecular flexibility index (Phi) is 5.42. The number of alkyl halides is 9. The predicted molar refractivity (Wildman–Crippen MR) is 108 cm³/mol. The summed E-state index contributed by atoms with van der Waals surface area (Å²) < 4.78 is 124. The minimum absolute atomic E-state index is 0.169. The first-order chi connectivity index (χ1) is 15.6. The maximum Gasteiger partial charge on any atom is 0.460 e. The molecule has 1 saturated carbocycles. The van der Waals surface area contributed by atoms with Gasteiger partial charge in [-0.1, -0.05) is 67.9 Å². The van der Waals surface area contributed by atoms with Gasteiger partial charge in [0.25, 0.3) is 0 Å². The van der Waals surface area contributed by atoms with Gasteiger partial charge < -0.3 is 0 Å². The number of hydrogen-bond donors (Lipinski definition) is 0. The number of hydrogen-bond acceptors (Lipinski definition) is 1. The van der Waals surface area contributed by atoms with Crippen molar-refractivity contribution in [3.63, 3.8) is 0 Å². The molecule has 1 nitrogen and oxygen atoms in total. The van der Waals surface area contributed by atoms with Crippen LogP contribution < -0.4 is 0 Å². The summed E-state index contributed by atoms with van der Waals surface area (Å²) >= 11 is 0. The van der Waals surface area contributed by atoms with E-state index in [1.165, 1.54) is 6.92 Å². The summed E-state index contributed by atoms with van der Waals surface area (Å²) in [6.07, 6.45) is -8.49. The van der Waals surface area contributed by atoms with Crippen molar-refractivity contribution in [3.05, 3.63) is 71.3 Å². The van der Waals surface area contributed by atoms with Crippen LogP contribution in [0.2, 0.25) is 0 Å². The number of nitrogens with zero attached hydrogens (tertiary/aromatic N) is 1. The number of fused-ring (bicyclic) bond motifs is 3. The lowest BCUT2D eigenvalue weighted by atomic mass is 9.62. The molecule has 184 valence electrons. The Hall–Kier alpha value is -2.52. The van der Waals surface area contributed by atoms with E-state index >= 15 is 0 Å². The van der Waals surface area contributed by atoms with Crippen LogP contribution in [0.25, 0.3) is 0 Å². The molecule has 1 aliphatic heterocycles. The maximum absolute atomic E-state index is 14.9. The van der Waals surface area contributed by atoms with Crippen LogP contribution >= 0.6 is 0 Å². The van der Waals surface area contributed by atoms with Gasteiger partial charge in [-0.3, -0.25) is 4.99 Å². The largest absolute Gasteiger partial charge is 0.460 e. The summed E-state index contributed by atoms with van der Waals surface area (Å²) in [6, 6.07) is 14.9. The van der Waals surface area contributed by atoms with E-state index in [9.17, 15) is 39.5 Å². The predicted octanol–water partition coefficient (Wildman–Crippen LogP) is 7.58. The fourth-order valence-electron chi connectivity index (χ4n) is 5.28. The van der Waals surface area contributed by atoms with E-state index in [4.69, 9.17) is 0 Å². The molecule has 10 heteroatoms. The molecule has 0 saturated heterocycles. The molecule has 34 heavy (non-hydrogen) atoms. The van der Waals surface area contributed by atoms with E-state index in [0.29, 0.717) is 16.7 Å². The van der Waals surface area contributed by atoms with Crippen molar-refractivity contribution in [2.45, 2.75) is 67.5 Å². The Labute approximate surface area is 189 Å². The first-order valence-electron chi connectivity index (χ1n) is 10.6. The second-order valence-electron chi connectivity index (χ2n) is 9.12. The van der Waals surface area contributed by atoms with Gasteiger partial charge in [0.05, 0.1) is 11.3 Å². The summed E-state index contributed by atoms with van der Waals surface area (Å²) in [6.45, 7) is 1.53. The third-order valence-electron chi connectivity index (χ3n) is 7.17. The lowest BCUT2D eigenvalue weighted by Crippen LogP contribution is -2.63. The van der Waals surface area contributed by atoms with Gasteiger partial charge in [-0.15, -0.1) is 0 Å². The normalized spacial score (nSPS) is 25.5. The van der Waals surface area contributed by atoms with Gasteiger partial charge in [0.2, 0.25) is 0 Å². The van der Waals surface area contributed by atoms with E-state index in [1.807, 2.05) is 0 Å². The maximum atomic E-state index is 14.9. The summed E-state index contributed by atoms with van der Waals surface area (Å²) in [5, 5.41) is 0. The molecular weight excluding hydrogens is 473 g/mol. The van der Waals surface area contributed by atoms with Gasteiger partial charge in [-0.25, -0.2) is 0 Å². The smallest absolute Gasteiger partial charge is 0.276 e. The van der Waals surface area contributed by atoms with Crippen LogP contribution in [-0.2, 0) is 5.41 Å². The van der Waals surface area contributed by atoms with Crippen molar-refractivity contribution in [2.75, 3.05) is 0 Å². The van der Waals surface area contributed by atoms with E-state index < -0.39 is 41.3 Å². The highest BCUT2D eigenvalue weighted by atomic mass is 19.4. The highest BCUT2D eigenvalue weighted by Gasteiger charge is 2.82. The number of halogens is 9. The minimum Gasteiger partial charge on any atom is -0.276 e. The molecule has 1 heterocycles. The Morgan fingerprint density at radius 2 is 1.35 bits per heavy atom. The van der Waals surface area contributed by atoms with Crippen LogP contribution in [0, 0.1) is 0 Å². The summed E-state index contributed by atoms with van der Waals surface area (Å²) in [5.41, 5.74) is -1.50. The average molecular weight is 493 g/mol. The first-order valence-corrected chi connectivity index (χ1v) is 10.6. The molecule has 0 amide bonds. The van der Waals surface area contributed by atoms with E-state index in [2.05, 4.69) is 4.99 Å². The fraction of sp³-hybridized carbons (Fsp3) is 0.458. The van der Waals surface area contributed by atoms with Crippen LogP contribution in [0.1, 0.15) is 49.3 Å². The second-order valence-corrected chi connectivity index (χ2v) is 9.12. The lowest BCUT2D eigenvalue weighted by Gasteiger charge is -2.48. The summed E-state index contributed by atoms with van der Waals surface area (Å²) in [5.74, 6) is -19.3. The highest BCUT2D eigenvalue weighted by Crippen LogP contribution is 2.62. The highest BCUT2D eigenvalue weighted by molar-refractivity contribution is 6.15. The zero-order valence-corrected chi connectivity index (χ0v) is 17.9. The van der Waals surface area contributed by atoms with Crippen molar-refractivity contribution < 1.29 is 39.5 Å². The molecule has 2 atom stereocenters. The van der Waals surface area contributed by atoms with E-state index in [0.717, 1.165) is 0 Å². The Bertz CT molecular complexity index is 1110. The summed E-state index contributed by atoms with van der Waals surface area (Å²) in [7, 11) is 0. The molecule has 2 unspecified atom stereocenters. The van der Waals surface area contributed by atoms with Gasteiger partial charge >= 0.3 is 23.9 Å². The third kappa shape index (κ3) is 3.27. The van der Waals surface area contributed by atoms with Crippen LogP contribution in [-0.4, -0.2) is 35.2 Å². The SMILES string of the molecule is CC12CCCC1(CC(F)(F)C(F)(F)C(F)(F)C(F)(F)F)N=C(c1ccccc1)c1ccccc12. The average Bonchev–Trinajstić information content (AvgIpc) is 3.09. The molecular formula is C24H20F9N. The van der Waals surface area contributed by atoms with Gasteiger partial charge in [0.1, 0.15) is 0 Å². The zero-order valence-electron chi connectivity index (χ0n) is 17.9. The molecule has 1 aliphatic carbocycles. The van der Waals surface area contributed by atoms with Crippen LogP contribution in [0.3, 0.4) is 0 Å². The quantitative estimate of drug-likeness (QED) is 0.381. The Balaban J connectivity index is 1.90. The monoisotopic (exact) mass is 493 g/mol. The topological polar surface area (TPSA) is 12.4 Å². The van der Waals surface area contributed by atoms with Crippen LogP contribution in [0.4, 0.5) is 39.5 Å². The minimum atomic E-state index is -6.92. The molecule has 0 aromatic heterocycles. The van der Waals surface area contributed by atoms with Gasteiger partial charge in [-0.05, 0) is 18.4 Å². The zero-order chi connectivity index (χ0) is 25.2. The molecule has 1 fully saturated rings. The molecule has 4 rings (SSSR count).